The van der Waals surface area contributed by atoms with Crippen molar-refractivity contribution in [3.05, 3.63) is 35.5 Å². The number of hydrogen-bond acceptors (Lipinski definition) is 1. The Bertz CT molecular complexity index is 508. The van der Waals surface area contributed by atoms with Gasteiger partial charge < -0.3 is 0 Å². The minimum Gasteiger partial charge on any atom is -0.257 e. The molecule has 0 aromatic carbocycles. The van der Waals surface area contributed by atoms with Crippen molar-refractivity contribution in [1.82, 2.24) is 4.98 Å². The lowest BCUT2D eigenvalue weighted by Gasteiger charge is -2.27. The summed E-state index contributed by atoms with van der Waals surface area (Å²) in [4.78, 5) is 4.76. The van der Waals surface area contributed by atoms with Gasteiger partial charge in [0.15, 0.2) is 0 Å². The van der Waals surface area contributed by atoms with E-state index >= 15 is 0 Å². The quantitative estimate of drug-likeness (QED) is 0.505. The molecule has 0 spiro atoms. The van der Waals surface area contributed by atoms with Gasteiger partial charge in [-0.2, -0.15) is 0 Å². The van der Waals surface area contributed by atoms with Crippen molar-refractivity contribution >= 4 is 13.4 Å². The van der Waals surface area contributed by atoms with Crippen LogP contribution in [-0.2, 0) is 0 Å². The Balaban J connectivity index is 1.83. The lowest BCUT2D eigenvalue weighted by molar-refractivity contribution is 0.500. The third-order valence-electron chi connectivity index (χ3n) is 5.49. The number of pyridine rings is 1. The second-order valence-corrected chi connectivity index (χ2v) is 9.57. The second-order valence-electron chi connectivity index (χ2n) is 7.10. The molecule has 0 radical (unpaired) electrons. The fraction of sp³-hybridized carbons (Fsp3) is 0.650. The van der Waals surface area contributed by atoms with Crippen LogP contribution in [0.5, 0.6) is 0 Å². The van der Waals surface area contributed by atoms with Crippen molar-refractivity contribution < 1.29 is 0 Å². The molecule has 1 heterocycles. The number of unbranched alkanes of at least 4 members (excludes halogenated alkanes) is 1. The normalized spacial score (nSPS) is 26.6. The van der Waals surface area contributed by atoms with Crippen molar-refractivity contribution in [2.24, 2.45) is 5.92 Å². The summed E-state index contributed by atoms with van der Waals surface area (Å²) in [5.41, 5.74) is 5.96. The summed E-state index contributed by atoms with van der Waals surface area (Å²) >= 11 is 0. The molecular formula is C20H30NP. The van der Waals surface area contributed by atoms with Crippen LogP contribution in [0.2, 0.25) is 0 Å². The maximum absolute atomic E-state index is 4.76. The first-order chi connectivity index (χ1) is 10.8. The molecule has 1 aromatic rings. The number of aromatic nitrogens is 1. The molecule has 3 unspecified atom stereocenters. The van der Waals surface area contributed by atoms with Gasteiger partial charge in [0.2, 0.25) is 0 Å². The van der Waals surface area contributed by atoms with E-state index in [0.717, 1.165) is 11.6 Å². The third-order valence-corrected chi connectivity index (χ3v) is 8.47. The van der Waals surface area contributed by atoms with Crippen LogP contribution in [0.4, 0.5) is 0 Å². The Morgan fingerprint density at radius 2 is 1.95 bits per heavy atom. The van der Waals surface area contributed by atoms with Gasteiger partial charge >= 0.3 is 0 Å². The molecule has 3 rings (SSSR count). The van der Waals surface area contributed by atoms with Gasteiger partial charge in [0, 0.05) is 11.9 Å². The fourth-order valence-electron chi connectivity index (χ4n) is 4.10. The number of nitrogens with zero attached hydrogens (tertiary/aromatic N) is 1. The lowest BCUT2D eigenvalue weighted by Crippen LogP contribution is -2.18. The molecule has 2 aliphatic rings. The Morgan fingerprint density at radius 3 is 2.73 bits per heavy atom. The van der Waals surface area contributed by atoms with E-state index in [-0.39, 0.29) is 7.92 Å². The van der Waals surface area contributed by atoms with Crippen molar-refractivity contribution in [3.63, 3.8) is 0 Å². The van der Waals surface area contributed by atoms with Gasteiger partial charge in [-0.3, -0.25) is 4.98 Å². The van der Waals surface area contributed by atoms with Crippen LogP contribution in [0.1, 0.15) is 65.2 Å². The highest BCUT2D eigenvalue weighted by atomic mass is 31.1. The van der Waals surface area contributed by atoms with E-state index in [1.165, 1.54) is 63.0 Å². The van der Waals surface area contributed by atoms with E-state index in [2.05, 4.69) is 32.0 Å². The predicted octanol–water partition coefficient (Wildman–Crippen LogP) is 5.66. The Morgan fingerprint density at radius 1 is 1.14 bits per heavy atom. The summed E-state index contributed by atoms with van der Waals surface area (Å²) in [7, 11) is -0.101. The van der Waals surface area contributed by atoms with Crippen LogP contribution in [0.25, 0.3) is 0 Å². The maximum atomic E-state index is 4.76. The highest BCUT2D eigenvalue weighted by Gasteiger charge is 2.33. The first-order valence-electron chi connectivity index (χ1n) is 9.18. The first kappa shape index (κ1) is 16.2. The largest absolute Gasteiger partial charge is 0.257 e. The van der Waals surface area contributed by atoms with E-state index < -0.39 is 0 Å². The highest BCUT2D eigenvalue weighted by Crippen LogP contribution is 2.53. The summed E-state index contributed by atoms with van der Waals surface area (Å²) in [5, 5.41) is 0. The Kier molecular flexibility index (Phi) is 5.69. The molecule has 0 saturated heterocycles. The van der Waals surface area contributed by atoms with Crippen molar-refractivity contribution in [3.8, 4) is 0 Å². The van der Waals surface area contributed by atoms with E-state index in [4.69, 9.17) is 4.98 Å². The molecule has 0 N–H and O–H groups in total. The number of hydrogen-bond donors (Lipinski definition) is 0. The molecule has 0 aliphatic heterocycles. The standard InChI is InChI=1S/C20H30NP/c1-3-4-15-22(20-7-5-6-14-21-20)19-13-11-17-10-8-16(2)9-12-18(17)19/h5-7,14,16,19H,3-4,8-13,15H2,1-2H3. The molecule has 22 heavy (non-hydrogen) atoms. The van der Waals surface area contributed by atoms with Crippen molar-refractivity contribution in [2.75, 3.05) is 6.16 Å². The van der Waals surface area contributed by atoms with Crippen LogP contribution in [0.15, 0.2) is 35.5 Å². The summed E-state index contributed by atoms with van der Waals surface area (Å²) in [6, 6.07) is 6.53. The van der Waals surface area contributed by atoms with Gasteiger partial charge in [-0.1, -0.05) is 37.5 Å². The average Bonchev–Trinajstić information content (AvgIpc) is 2.86. The Labute approximate surface area is 137 Å². The topological polar surface area (TPSA) is 12.9 Å². The molecule has 1 nitrogen and oxygen atoms in total. The summed E-state index contributed by atoms with van der Waals surface area (Å²) < 4.78 is 0. The van der Waals surface area contributed by atoms with Gasteiger partial charge in [-0.15, -0.1) is 0 Å². The van der Waals surface area contributed by atoms with E-state index in [1.807, 2.05) is 17.3 Å². The summed E-state index contributed by atoms with van der Waals surface area (Å²) in [5.74, 6) is 0.919. The minimum absolute atomic E-state index is 0.101. The van der Waals surface area contributed by atoms with Gasteiger partial charge in [0.05, 0.1) is 5.44 Å². The SMILES string of the molecule is CCCCP(c1ccccn1)C1CCC2=C1CCC(C)CC2. The maximum Gasteiger partial charge on any atom is 0.0636 e. The number of allylic oxidation sites excluding steroid dienone is 2. The highest BCUT2D eigenvalue weighted by molar-refractivity contribution is 7.66. The van der Waals surface area contributed by atoms with Crippen LogP contribution >= 0.6 is 7.92 Å². The molecule has 120 valence electrons. The summed E-state index contributed by atoms with van der Waals surface area (Å²) in [6.45, 7) is 4.76. The van der Waals surface area contributed by atoms with Crippen LogP contribution in [-0.4, -0.2) is 16.8 Å². The van der Waals surface area contributed by atoms with Gasteiger partial charge in [0.25, 0.3) is 0 Å². The zero-order valence-corrected chi connectivity index (χ0v) is 15.1. The predicted molar refractivity (Wildman–Crippen MR) is 98.2 cm³/mol. The smallest absolute Gasteiger partial charge is 0.0636 e. The molecule has 1 aromatic heterocycles. The summed E-state index contributed by atoms with van der Waals surface area (Å²) in [6.07, 6.45) is 14.4. The molecule has 3 atom stereocenters. The van der Waals surface area contributed by atoms with Crippen LogP contribution < -0.4 is 5.44 Å². The number of rotatable bonds is 5. The lowest BCUT2D eigenvalue weighted by atomic mass is 10.00. The van der Waals surface area contributed by atoms with E-state index in [9.17, 15) is 0 Å². The van der Waals surface area contributed by atoms with Gasteiger partial charge in [-0.05, 0) is 77.1 Å². The van der Waals surface area contributed by atoms with E-state index in [0.29, 0.717) is 0 Å². The molecule has 0 saturated carbocycles. The van der Waals surface area contributed by atoms with Gasteiger partial charge in [-0.25, -0.2) is 0 Å². The zero-order valence-electron chi connectivity index (χ0n) is 14.2. The second kappa shape index (κ2) is 7.73. The molecule has 2 heteroatoms. The van der Waals surface area contributed by atoms with E-state index in [1.54, 1.807) is 0 Å². The fourth-order valence-corrected chi connectivity index (χ4v) is 7.24. The van der Waals surface area contributed by atoms with Crippen LogP contribution in [0, 0.1) is 5.92 Å². The molecule has 0 bridgehead atoms. The monoisotopic (exact) mass is 315 g/mol. The molecule has 0 fully saturated rings. The van der Waals surface area contributed by atoms with Crippen molar-refractivity contribution in [1.29, 1.82) is 0 Å². The molecular weight excluding hydrogens is 285 g/mol. The van der Waals surface area contributed by atoms with Crippen LogP contribution in [0.3, 0.4) is 0 Å². The van der Waals surface area contributed by atoms with Crippen molar-refractivity contribution in [2.45, 2.75) is 70.9 Å². The third kappa shape index (κ3) is 3.62. The zero-order chi connectivity index (χ0) is 15.4. The molecule has 0 amide bonds. The average molecular weight is 315 g/mol. The first-order valence-corrected chi connectivity index (χ1v) is 10.8. The van der Waals surface area contributed by atoms with Gasteiger partial charge in [0.1, 0.15) is 0 Å². The Hall–Kier alpha value is -0.680. The molecule has 2 aliphatic carbocycles. The minimum atomic E-state index is -0.101.